The molecule has 4 nitrogen and oxygen atoms in total. The maximum absolute atomic E-state index is 4.31. The summed E-state index contributed by atoms with van der Waals surface area (Å²) in [7, 11) is 4.19. The molecule has 0 amide bonds. The molecule has 16 heavy (non-hydrogen) atoms. The molecule has 2 heterocycles. The number of rotatable bonds is 5. The van der Waals surface area contributed by atoms with Crippen LogP contribution in [0.3, 0.4) is 0 Å². The average molecular weight is 236 g/mol. The predicted molar refractivity (Wildman–Crippen MR) is 67.8 cm³/mol. The minimum absolute atomic E-state index is 0.921. The van der Waals surface area contributed by atoms with Crippen LogP contribution in [0.2, 0.25) is 0 Å². The van der Waals surface area contributed by atoms with Crippen LogP contribution in [0.4, 0.5) is 0 Å². The SMILES string of the molecule is CN(C)CCCSc1ncnc2[nH]ccc12. The average Bonchev–Trinajstić information content (AvgIpc) is 2.72. The molecule has 0 unspecified atom stereocenters. The van der Waals surface area contributed by atoms with Crippen LogP contribution in [0.1, 0.15) is 6.42 Å². The third kappa shape index (κ3) is 2.74. The Morgan fingerprint density at radius 2 is 2.25 bits per heavy atom. The van der Waals surface area contributed by atoms with Gasteiger partial charge in [-0.1, -0.05) is 0 Å². The van der Waals surface area contributed by atoms with Crippen molar-refractivity contribution >= 4 is 22.8 Å². The van der Waals surface area contributed by atoms with E-state index in [9.17, 15) is 0 Å². The van der Waals surface area contributed by atoms with Crippen molar-refractivity contribution in [3.05, 3.63) is 18.6 Å². The van der Waals surface area contributed by atoms with Crippen molar-refractivity contribution in [3.8, 4) is 0 Å². The summed E-state index contributed by atoms with van der Waals surface area (Å²) < 4.78 is 0. The van der Waals surface area contributed by atoms with Gasteiger partial charge in [-0.05, 0) is 33.1 Å². The quantitative estimate of drug-likeness (QED) is 0.490. The molecule has 0 atom stereocenters. The van der Waals surface area contributed by atoms with Crippen LogP contribution in [0.25, 0.3) is 11.0 Å². The Hall–Kier alpha value is -1.07. The van der Waals surface area contributed by atoms with Crippen LogP contribution in [0.5, 0.6) is 0 Å². The van der Waals surface area contributed by atoms with Crippen molar-refractivity contribution in [2.45, 2.75) is 11.4 Å². The highest BCUT2D eigenvalue weighted by Crippen LogP contribution is 2.23. The first-order chi connectivity index (χ1) is 7.77. The van der Waals surface area contributed by atoms with E-state index in [4.69, 9.17) is 0 Å². The zero-order chi connectivity index (χ0) is 11.4. The van der Waals surface area contributed by atoms with Gasteiger partial charge < -0.3 is 9.88 Å². The number of nitrogens with zero attached hydrogens (tertiary/aromatic N) is 3. The van der Waals surface area contributed by atoms with Crippen LogP contribution >= 0.6 is 11.8 Å². The van der Waals surface area contributed by atoms with Gasteiger partial charge in [-0.3, -0.25) is 0 Å². The molecule has 0 saturated carbocycles. The monoisotopic (exact) mass is 236 g/mol. The first kappa shape index (κ1) is 11.4. The smallest absolute Gasteiger partial charge is 0.141 e. The Balaban J connectivity index is 1.96. The van der Waals surface area contributed by atoms with E-state index in [2.05, 4.69) is 33.9 Å². The van der Waals surface area contributed by atoms with Gasteiger partial charge in [0.15, 0.2) is 0 Å². The third-order valence-electron chi connectivity index (χ3n) is 2.31. The fourth-order valence-corrected chi connectivity index (χ4v) is 2.42. The largest absolute Gasteiger partial charge is 0.346 e. The maximum atomic E-state index is 4.31. The van der Waals surface area contributed by atoms with E-state index in [1.165, 1.54) is 6.42 Å². The zero-order valence-electron chi connectivity index (χ0n) is 9.60. The summed E-state index contributed by atoms with van der Waals surface area (Å²) in [6, 6.07) is 2.03. The number of thioether (sulfide) groups is 1. The number of nitrogens with one attached hydrogen (secondary N) is 1. The summed E-state index contributed by atoms with van der Waals surface area (Å²) in [6.45, 7) is 1.12. The lowest BCUT2D eigenvalue weighted by Crippen LogP contribution is -2.13. The molecule has 0 fully saturated rings. The molecule has 1 N–H and O–H groups in total. The minimum Gasteiger partial charge on any atom is -0.346 e. The Bertz CT molecular complexity index is 452. The van der Waals surface area contributed by atoms with Gasteiger partial charge in [0.25, 0.3) is 0 Å². The summed E-state index contributed by atoms with van der Waals surface area (Å²) in [5.74, 6) is 1.09. The van der Waals surface area contributed by atoms with Crippen LogP contribution < -0.4 is 0 Å². The Morgan fingerprint density at radius 1 is 1.38 bits per heavy atom. The molecule has 0 aliphatic rings. The second kappa shape index (κ2) is 5.32. The number of aromatic amines is 1. The van der Waals surface area contributed by atoms with Crippen LogP contribution in [0, 0.1) is 0 Å². The summed E-state index contributed by atoms with van der Waals surface area (Å²) in [5.41, 5.74) is 0.921. The van der Waals surface area contributed by atoms with Crippen molar-refractivity contribution in [1.82, 2.24) is 19.9 Å². The maximum Gasteiger partial charge on any atom is 0.141 e. The Labute approximate surface area is 99.5 Å². The molecular formula is C11H16N4S. The molecule has 0 aliphatic carbocycles. The minimum atomic E-state index is 0.921. The summed E-state index contributed by atoms with van der Waals surface area (Å²) in [5, 5.41) is 2.20. The van der Waals surface area contributed by atoms with Gasteiger partial charge in [-0.25, -0.2) is 9.97 Å². The predicted octanol–water partition coefficient (Wildman–Crippen LogP) is 2.00. The van der Waals surface area contributed by atoms with Crippen LogP contribution in [0.15, 0.2) is 23.6 Å². The van der Waals surface area contributed by atoms with Gasteiger partial charge in [-0.15, -0.1) is 11.8 Å². The van der Waals surface area contributed by atoms with E-state index in [-0.39, 0.29) is 0 Å². The Kier molecular flexibility index (Phi) is 3.79. The van der Waals surface area contributed by atoms with Crippen molar-refractivity contribution in [2.75, 3.05) is 26.4 Å². The standard InChI is InChI=1S/C11H16N4S/c1-15(2)6-3-7-16-11-9-4-5-12-10(9)13-8-14-11/h4-5,8H,3,6-7H2,1-2H3,(H,12,13,14). The third-order valence-corrected chi connectivity index (χ3v) is 3.40. The molecule has 0 aromatic carbocycles. The van der Waals surface area contributed by atoms with E-state index in [1.54, 1.807) is 18.1 Å². The van der Waals surface area contributed by atoms with E-state index in [0.717, 1.165) is 28.4 Å². The summed E-state index contributed by atoms with van der Waals surface area (Å²) in [4.78, 5) is 13.8. The van der Waals surface area contributed by atoms with Gasteiger partial charge in [0, 0.05) is 11.9 Å². The van der Waals surface area contributed by atoms with E-state index in [0.29, 0.717) is 0 Å². The molecule has 5 heteroatoms. The number of H-pyrrole nitrogens is 1. The number of hydrogen-bond acceptors (Lipinski definition) is 4. The molecule has 0 aliphatic heterocycles. The highest BCUT2D eigenvalue weighted by Gasteiger charge is 2.04. The van der Waals surface area contributed by atoms with Crippen molar-refractivity contribution < 1.29 is 0 Å². The number of fused-ring (bicyclic) bond motifs is 1. The number of hydrogen-bond donors (Lipinski definition) is 1. The van der Waals surface area contributed by atoms with Crippen LogP contribution in [-0.4, -0.2) is 46.2 Å². The summed E-state index contributed by atoms with van der Waals surface area (Å²) >= 11 is 1.80. The number of aromatic nitrogens is 3. The van der Waals surface area contributed by atoms with Gasteiger partial charge in [0.1, 0.15) is 17.0 Å². The molecule has 86 valence electrons. The molecular weight excluding hydrogens is 220 g/mol. The van der Waals surface area contributed by atoms with E-state index >= 15 is 0 Å². The topological polar surface area (TPSA) is 44.8 Å². The van der Waals surface area contributed by atoms with Crippen molar-refractivity contribution in [2.24, 2.45) is 0 Å². The van der Waals surface area contributed by atoms with Gasteiger partial charge in [0.05, 0.1) is 5.39 Å². The second-order valence-electron chi connectivity index (χ2n) is 3.92. The van der Waals surface area contributed by atoms with Crippen molar-refractivity contribution in [3.63, 3.8) is 0 Å². The zero-order valence-corrected chi connectivity index (χ0v) is 10.4. The molecule has 0 bridgehead atoms. The fraction of sp³-hybridized carbons (Fsp3) is 0.455. The van der Waals surface area contributed by atoms with Gasteiger partial charge in [-0.2, -0.15) is 0 Å². The highest BCUT2D eigenvalue weighted by molar-refractivity contribution is 7.99. The molecule has 2 aromatic heterocycles. The molecule has 2 rings (SSSR count). The van der Waals surface area contributed by atoms with Crippen LogP contribution in [-0.2, 0) is 0 Å². The first-order valence-electron chi connectivity index (χ1n) is 5.33. The Morgan fingerprint density at radius 3 is 3.06 bits per heavy atom. The summed E-state index contributed by atoms with van der Waals surface area (Å²) in [6.07, 6.45) is 4.70. The lowest BCUT2D eigenvalue weighted by Gasteiger charge is -2.08. The molecule has 2 aromatic rings. The molecule has 0 radical (unpaired) electrons. The van der Waals surface area contributed by atoms with E-state index in [1.807, 2.05) is 12.3 Å². The lowest BCUT2D eigenvalue weighted by atomic mass is 10.4. The van der Waals surface area contributed by atoms with Gasteiger partial charge in [0.2, 0.25) is 0 Å². The first-order valence-corrected chi connectivity index (χ1v) is 6.31. The normalized spacial score (nSPS) is 11.4. The second-order valence-corrected chi connectivity index (χ2v) is 5.01. The van der Waals surface area contributed by atoms with E-state index < -0.39 is 0 Å². The highest BCUT2D eigenvalue weighted by atomic mass is 32.2. The molecule has 0 spiro atoms. The van der Waals surface area contributed by atoms with Crippen molar-refractivity contribution in [1.29, 1.82) is 0 Å². The molecule has 0 saturated heterocycles. The van der Waals surface area contributed by atoms with Gasteiger partial charge >= 0.3 is 0 Å². The lowest BCUT2D eigenvalue weighted by molar-refractivity contribution is 0.410. The fourth-order valence-electron chi connectivity index (χ4n) is 1.51.